The van der Waals surface area contributed by atoms with Gasteiger partial charge in [0.1, 0.15) is 10.5 Å². The zero-order chi connectivity index (χ0) is 15.5. The predicted octanol–water partition coefficient (Wildman–Crippen LogP) is 3.24. The van der Waals surface area contributed by atoms with Gasteiger partial charge >= 0.3 is 0 Å². The van der Waals surface area contributed by atoms with Crippen LogP contribution in [0.2, 0.25) is 0 Å². The smallest absolute Gasteiger partial charge is 0.266 e. The highest BCUT2D eigenvalue weighted by Crippen LogP contribution is 2.41. The Bertz CT molecular complexity index is 927. The molecule has 2 N–H and O–H groups in total. The summed E-state index contributed by atoms with van der Waals surface area (Å²) < 4.78 is 42.3. The van der Waals surface area contributed by atoms with Gasteiger partial charge in [-0.05, 0) is 12.0 Å². The van der Waals surface area contributed by atoms with Gasteiger partial charge in [-0.1, -0.05) is 0 Å². The van der Waals surface area contributed by atoms with Crippen molar-refractivity contribution < 1.29 is 13.2 Å². The summed E-state index contributed by atoms with van der Waals surface area (Å²) in [4.78, 5) is 15.0. The zero-order valence-corrected chi connectivity index (χ0v) is 12.0. The third-order valence-corrected chi connectivity index (χ3v) is 5.14. The Morgan fingerprint density at radius 2 is 2.18 bits per heavy atom. The molecule has 4 nitrogen and oxygen atoms in total. The van der Waals surface area contributed by atoms with Gasteiger partial charge in [-0.15, -0.1) is 11.3 Å². The van der Waals surface area contributed by atoms with Crippen molar-refractivity contribution in [1.82, 2.24) is 15.2 Å². The lowest BCUT2D eigenvalue weighted by Gasteiger charge is -2.24. The lowest BCUT2D eigenvalue weighted by molar-refractivity contribution is -0.0124. The largest absolute Gasteiger partial charge is 0.325 e. The number of nitrogens with one attached hydrogen (secondary N) is 2. The Balaban J connectivity index is 2.05. The Morgan fingerprint density at radius 3 is 2.91 bits per heavy atom. The van der Waals surface area contributed by atoms with E-state index in [2.05, 4.69) is 15.2 Å². The molecule has 3 aromatic rings. The molecule has 0 atom stereocenters. The molecule has 1 aliphatic rings. The Kier molecular flexibility index (Phi) is 2.75. The number of halogens is 3. The number of aromatic amines is 2. The summed E-state index contributed by atoms with van der Waals surface area (Å²) in [6.45, 7) is 0. The van der Waals surface area contributed by atoms with E-state index in [1.165, 1.54) is 12.4 Å². The molecule has 0 saturated carbocycles. The third kappa shape index (κ3) is 1.90. The standard InChI is InChI=1S/C14H10F3N3OS/c15-10-9-7-3-14(16,17)2-1-8(7)20-13(21)12(9)22-11(10)6-4-18-19-5-6/h4-5H,1-3H2,(H,18,19)(H,20,21). The molecule has 22 heavy (non-hydrogen) atoms. The van der Waals surface area contributed by atoms with Crippen molar-refractivity contribution in [2.45, 2.75) is 25.2 Å². The molecule has 0 bridgehead atoms. The minimum atomic E-state index is -2.87. The van der Waals surface area contributed by atoms with Crippen LogP contribution in [-0.2, 0) is 12.8 Å². The van der Waals surface area contributed by atoms with E-state index in [1.807, 2.05) is 0 Å². The number of aryl methyl sites for hydroxylation is 1. The van der Waals surface area contributed by atoms with Gasteiger partial charge in [0.15, 0.2) is 0 Å². The van der Waals surface area contributed by atoms with Crippen molar-refractivity contribution in [3.63, 3.8) is 0 Å². The van der Waals surface area contributed by atoms with Gasteiger partial charge in [0.2, 0.25) is 0 Å². The van der Waals surface area contributed by atoms with E-state index >= 15 is 0 Å². The number of hydrogen-bond acceptors (Lipinski definition) is 3. The van der Waals surface area contributed by atoms with Gasteiger partial charge in [-0.2, -0.15) is 5.10 Å². The number of pyridine rings is 1. The van der Waals surface area contributed by atoms with Crippen LogP contribution in [0, 0.1) is 5.82 Å². The molecule has 3 heterocycles. The van der Waals surface area contributed by atoms with E-state index in [4.69, 9.17) is 0 Å². The third-order valence-electron chi connectivity index (χ3n) is 3.92. The van der Waals surface area contributed by atoms with Crippen LogP contribution in [0.25, 0.3) is 20.5 Å². The maximum Gasteiger partial charge on any atom is 0.266 e. The molecular weight excluding hydrogens is 315 g/mol. The highest BCUT2D eigenvalue weighted by Gasteiger charge is 2.37. The highest BCUT2D eigenvalue weighted by atomic mass is 32.1. The van der Waals surface area contributed by atoms with Crippen molar-refractivity contribution in [1.29, 1.82) is 0 Å². The van der Waals surface area contributed by atoms with E-state index in [-0.39, 0.29) is 33.4 Å². The molecule has 0 fully saturated rings. The molecule has 0 spiro atoms. The molecular formula is C14H10F3N3OS. The van der Waals surface area contributed by atoms with Gasteiger partial charge in [-0.25, -0.2) is 13.2 Å². The molecule has 4 rings (SSSR count). The molecule has 8 heteroatoms. The molecule has 0 aliphatic heterocycles. The summed E-state index contributed by atoms with van der Waals surface area (Å²) in [6.07, 6.45) is 2.10. The number of rotatable bonds is 1. The van der Waals surface area contributed by atoms with Crippen LogP contribution in [0.15, 0.2) is 17.2 Å². The molecule has 3 aromatic heterocycles. The Labute approximate surface area is 126 Å². The second-order valence-corrected chi connectivity index (χ2v) is 6.40. The minimum absolute atomic E-state index is 0.0272. The van der Waals surface area contributed by atoms with E-state index in [1.54, 1.807) is 0 Å². The van der Waals surface area contributed by atoms with Crippen molar-refractivity contribution in [3.05, 3.63) is 39.8 Å². The van der Waals surface area contributed by atoms with Crippen molar-refractivity contribution in [2.24, 2.45) is 0 Å². The van der Waals surface area contributed by atoms with Crippen LogP contribution < -0.4 is 5.56 Å². The predicted molar refractivity (Wildman–Crippen MR) is 77.0 cm³/mol. The van der Waals surface area contributed by atoms with Gasteiger partial charge in [0.25, 0.3) is 11.5 Å². The number of nitrogens with zero attached hydrogens (tertiary/aromatic N) is 1. The van der Waals surface area contributed by atoms with Crippen LogP contribution in [0.4, 0.5) is 13.2 Å². The van der Waals surface area contributed by atoms with Crippen molar-refractivity contribution in [3.8, 4) is 10.4 Å². The summed E-state index contributed by atoms with van der Waals surface area (Å²) in [6, 6.07) is 0. The Morgan fingerprint density at radius 1 is 1.36 bits per heavy atom. The monoisotopic (exact) mass is 325 g/mol. The van der Waals surface area contributed by atoms with Crippen LogP contribution in [0.1, 0.15) is 17.7 Å². The summed E-state index contributed by atoms with van der Waals surface area (Å²) in [7, 11) is 0. The number of hydrogen-bond donors (Lipinski definition) is 2. The first-order valence-electron chi connectivity index (χ1n) is 6.69. The summed E-state index contributed by atoms with van der Waals surface area (Å²) >= 11 is 0.958. The van der Waals surface area contributed by atoms with E-state index in [9.17, 15) is 18.0 Å². The number of alkyl halides is 2. The lowest BCUT2D eigenvalue weighted by Crippen LogP contribution is -2.28. The average molecular weight is 325 g/mol. The van der Waals surface area contributed by atoms with E-state index in [0.29, 0.717) is 11.3 Å². The fourth-order valence-corrected chi connectivity index (χ4v) is 3.97. The first-order valence-corrected chi connectivity index (χ1v) is 7.51. The normalized spacial score (nSPS) is 16.9. The maximum absolute atomic E-state index is 14.8. The van der Waals surface area contributed by atoms with E-state index in [0.717, 1.165) is 11.3 Å². The van der Waals surface area contributed by atoms with Crippen LogP contribution in [0.3, 0.4) is 0 Å². The quantitative estimate of drug-likeness (QED) is 0.721. The number of H-pyrrole nitrogens is 2. The van der Waals surface area contributed by atoms with Gasteiger partial charge in [0, 0.05) is 35.7 Å². The minimum Gasteiger partial charge on any atom is -0.325 e. The molecule has 0 radical (unpaired) electrons. The average Bonchev–Trinajstić information content (AvgIpc) is 3.07. The van der Waals surface area contributed by atoms with Crippen molar-refractivity contribution >= 4 is 21.4 Å². The molecule has 0 aromatic carbocycles. The number of aromatic nitrogens is 3. The lowest BCUT2D eigenvalue weighted by atomic mass is 9.90. The number of thiophene rings is 1. The molecule has 1 aliphatic carbocycles. The number of fused-ring (bicyclic) bond motifs is 3. The molecule has 0 saturated heterocycles. The first kappa shape index (κ1) is 13.6. The highest BCUT2D eigenvalue weighted by molar-refractivity contribution is 7.22. The first-order chi connectivity index (χ1) is 10.5. The fourth-order valence-electron chi connectivity index (χ4n) is 2.88. The Hall–Kier alpha value is -2.09. The topological polar surface area (TPSA) is 61.5 Å². The fraction of sp³-hybridized carbons (Fsp3) is 0.286. The summed E-state index contributed by atoms with van der Waals surface area (Å²) in [5, 5.41) is 6.35. The van der Waals surface area contributed by atoms with Gasteiger partial charge in [0.05, 0.1) is 11.1 Å². The van der Waals surface area contributed by atoms with Gasteiger partial charge < -0.3 is 4.98 Å². The van der Waals surface area contributed by atoms with E-state index < -0.39 is 23.7 Å². The maximum atomic E-state index is 14.8. The SMILES string of the molecule is O=c1[nH]c2c(c3c(F)c(-c4cn[nH]c4)sc13)CC(F)(F)CC2. The van der Waals surface area contributed by atoms with Crippen LogP contribution >= 0.6 is 11.3 Å². The molecule has 0 amide bonds. The van der Waals surface area contributed by atoms with Crippen molar-refractivity contribution in [2.75, 3.05) is 0 Å². The molecule has 114 valence electrons. The van der Waals surface area contributed by atoms with Crippen LogP contribution in [0.5, 0.6) is 0 Å². The van der Waals surface area contributed by atoms with Crippen LogP contribution in [-0.4, -0.2) is 21.1 Å². The molecule has 0 unspecified atom stereocenters. The summed E-state index contributed by atoms with van der Waals surface area (Å²) in [5.74, 6) is -3.50. The zero-order valence-electron chi connectivity index (χ0n) is 11.2. The second kappa shape index (κ2) is 4.45. The van der Waals surface area contributed by atoms with Gasteiger partial charge in [-0.3, -0.25) is 9.89 Å². The summed E-state index contributed by atoms with van der Waals surface area (Å²) in [5.41, 5.74) is 0.695. The second-order valence-electron chi connectivity index (χ2n) is 5.38.